The molecule has 0 aliphatic carbocycles. The standard InChI is InChI=1S/C17H19BrN2O5/c1-3-24-17(22)20-6-4-19(5-7-20)16(21)11-8-13(23-2)12-10-15(18)25-14(12)9-11/h8-10H,3-7H2,1-2H3. The largest absolute Gasteiger partial charge is 0.496 e. The number of hydrogen-bond donors (Lipinski definition) is 0. The number of ether oxygens (including phenoxy) is 2. The normalized spacial score (nSPS) is 14.7. The van der Waals surface area contributed by atoms with Gasteiger partial charge in [-0.3, -0.25) is 4.79 Å². The van der Waals surface area contributed by atoms with Gasteiger partial charge in [0.15, 0.2) is 4.67 Å². The second kappa shape index (κ2) is 7.35. The van der Waals surface area contributed by atoms with Gasteiger partial charge >= 0.3 is 6.09 Å². The molecule has 3 rings (SSSR count). The van der Waals surface area contributed by atoms with Crippen molar-refractivity contribution in [1.29, 1.82) is 0 Å². The van der Waals surface area contributed by atoms with Gasteiger partial charge in [0, 0.05) is 37.8 Å². The van der Waals surface area contributed by atoms with Crippen LogP contribution in [0.15, 0.2) is 27.3 Å². The topological polar surface area (TPSA) is 72.2 Å². The monoisotopic (exact) mass is 410 g/mol. The summed E-state index contributed by atoms with van der Waals surface area (Å²) in [6.07, 6.45) is -0.335. The zero-order chi connectivity index (χ0) is 18.0. The van der Waals surface area contributed by atoms with E-state index in [0.717, 1.165) is 5.39 Å². The molecule has 1 saturated heterocycles. The fourth-order valence-corrected chi connectivity index (χ4v) is 3.26. The Bertz CT molecular complexity index is 796. The number of nitrogens with zero attached hydrogens (tertiary/aromatic N) is 2. The molecule has 0 bridgehead atoms. The molecular weight excluding hydrogens is 392 g/mol. The molecule has 7 nitrogen and oxygen atoms in total. The van der Waals surface area contributed by atoms with E-state index in [4.69, 9.17) is 13.9 Å². The highest BCUT2D eigenvalue weighted by atomic mass is 79.9. The van der Waals surface area contributed by atoms with E-state index in [0.29, 0.717) is 54.4 Å². The van der Waals surface area contributed by atoms with Crippen molar-refractivity contribution >= 4 is 38.9 Å². The number of piperazine rings is 1. The molecule has 1 aliphatic heterocycles. The zero-order valence-electron chi connectivity index (χ0n) is 14.1. The van der Waals surface area contributed by atoms with Gasteiger partial charge in [-0.05, 0) is 35.0 Å². The second-order valence-corrected chi connectivity index (χ2v) is 6.40. The van der Waals surface area contributed by atoms with E-state index in [1.807, 2.05) is 0 Å². The minimum atomic E-state index is -0.335. The van der Waals surface area contributed by atoms with Crippen LogP contribution in [0.4, 0.5) is 4.79 Å². The van der Waals surface area contributed by atoms with E-state index >= 15 is 0 Å². The summed E-state index contributed by atoms with van der Waals surface area (Å²) in [5, 5.41) is 0.804. The number of benzene rings is 1. The van der Waals surface area contributed by atoms with Crippen LogP contribution in [0.25, 0.3) is 11.0 Å². The summed E-state index contributed by atoms with van der Waals surface area (Å²) in [5.41, 5.74) is 1.08. The van der Waals surface area contributed by atoms with Gasteiger partial charge in [0.1, 0.15) is 11.3 Å². The zero-order valence-corrected chi connectivity index (χ0v) is 15.7. The lowest BCUT2D eigenvalue weighted by Gasteiger charge is -2.34. The Hall–Kier alpha value is -2.22. The summed E-state index contributed by atoms with van der Waals surface area (Å²) in [6, 6.07) is 5.23. The molecule has 1 fully saturated rings. The summed E-state index contributed by atoms with van der Waals surface area (Å²) in [4.78, 5) is 27.9. The van der Waals surface area contributed by atoms with Crippen molar-refractivity contribution in [2.24, 2.45) is 0 Å². The van der Waals surface area contributed by atoms with Crippen LogP contribution >= 0.6 is 15.9 Å². The van der Waals surface area contributed by atoms with Crippen LogP contribution in [0.1, 0.15) is 17.3 Å². The van der Waals surface area contributed by atoms with E-state index in [9.17, 15) is 9.59 Å². The second-order valence-electron chi connectivity index (χ2n) is 5.62. The van der Waals surface area contributed by atoms with Crippen LogP contribution in [-0.2, 0) is 4.74 Å². The molecule has 0 spiro atoms. The highest BCUT2D eigenvalue weighted by Crippen LogP contribution is 2.33. The van der Waals surface area contributed by atoms with Crippen molar-refractivity contribution in [2.75, 3.05) is 39.9 Å². The molecule has 1 aromatic carbocycles. The Kier molecular flexibility index (Phi) is 5.17. The number of carbonyl (C=O) groups excluding carboxylic acids is 2. The van der Waals surface area contributed by atoms with Crippen LogP contribution in [-0.4, -0.2) is 61.7 Å². The van der Waals surface area contributed by atoms with E-state index in [1.165, 1.54) is 0 Å². The van der Waals surface area contributed by atoms with Gasteiger partial charge < -0.3 is 23.7 Å². The number of rotatable bonds is 3. The third-order valence-corrected chi connectivity index (χ3v) is 4.52. The minimum Gasteiger partial charge on any atom is -0.496 e. The predicted octanol–water partition coefficient (Wildman–Crippen LogP) is 3.12. The molecule has 1 aromatic heterocycles. The number of furan rings is 1. The molecule has 0 unspecified atom stereocenters. The Balaban J connectivity index is 1.76. The molecule has 25 heavy (non-hydrogen) atoms. The first-order chi connectivity index (χ1) is 12.0. The molecule has 1 aliphatic rings. The van der Waals surface area contributed by atoms with E-state index in [1.54, 1.807) is 42.0 Å². The van der Waals surface area contributed by atoms with Gasteiger partial charge in [0.05, 0.1) is 19.1 Å². The fraction of sp³-hybridized carbons (Fsp3) is 0.412. The lowest BCUT2D eigenvalue weighted by Crippen LogP contribution is -2.50. The van der Waals surface area contributed by atoms with E-state index in [2.05, 4.69) is 15.9 Å². The van der Waals surface area contributed by atoms with Crippen molar-refractivity contribution in [3.8, 4) is 5.75 Å². The smallest absolute Gasteiger partial charge is 0.409 e. The van der Waals surface area contributed by atoms with Crippen LogP contribution in [0, 0.1) is 0 Å². The van der Waals surface area contributed by atoms with Gasteiger partial charge in [0.25, 0.3) is 5.91 Å². The maximum atomic E-state index is 12.8. The Morgan fingerprint density at radius 2 is 1.84 bits per heavy atom. The lowest BCUT2D eigenvalue weighted by molar-refractivity contribution is 0.0570. The third-order valence-electron chi connectivity index (χ3n) is 4.13. The van der Waals surface area contributed by atoms with Crippen molar-refractivity contribution in [3.05, 3.63) is 28.4 Å². The molecule has 0 radical (unpaired) electrons. The van der Waals surface area contributed by atoms with Crippen molar-refractivity contribution < 1.29 is 23.5 Å². The summed E-state index contributed by atoms with van der Waals surface area (Å²) in [5.74, 6) is 0.469. The van der Waals surface area contributed by atoms with Gasteiger partial charge in [0.2, 0.25) is 0 Å². The fourth-order valence-electron chi connectivity index (χ4n) is 2.86. The maximum absolute atomic E-state index is 12.8. The Morgan fingerprint density at radius 1 is 1.16 bits per heavy atom. The predicted molar refractivity (Wildman–Crippen MR) is 95.0 cm³/mol. The molecular formula is C17H19BrN2O5. The highest BCUT2D eigenvalue weighted by Gasteiger charge is 2.26. The summed E-state index contributed by atoms with van der Waals surface area (Å²) < 4.78 is 16.5. The maximum Gasteiger partial charge on any atom is 0.409 e. The molecule has 2 heterocycles. The van der Waals surface area contributed by atoms with Crippen LogP contribution in [0.2, 0.25) is 0 Å². The SMILES string of the molecule is CCOC(=O)N1CCN(C(=O)c2cc(OC)c3cc(Br)oc3c2)CC1. The molecule has 134 valence electrons. The number of halogens is 1. The summed E-state index contributed by atoms with van der Waals surface area (Å²) in [6.45, 7) is 3.94. The molecule has 2 amide bonds. The quantitative estimate of drug-likeness (QED) is 0.776. The van der Waals surface area contributed by atoms with E-state index < -0.39 is 0 Å². The van der Waals surface area contributed by atoms with Crippen LogP contribution < -0.4 is 4.74 Å². The number of amides is 2. The summed E-state index contributed by atoms with van der Waals surface area (Å²) in [7, 11) is 1.56. The molecule has 8 heteroatoms. The van der Waals surface area contributed by atoms with Gasteiger partial charge in [-0.1, -0.05) is 0 Å². The van der Waals surface area contributed by atoms with Crippen molar-refractivity contribution in [3.63, 3.8) is 0 Å². The van der Waals surface area contributed by atoms with Gasteiger partial charge in [-0.15, -0.1) is 0 Å². The lowest BCUT2D eigenvalue weighted by atomic mass is 10.1. The van der Waals surface area contributed by atoms with E-state index in [-0.39, 0.29) is 12.0 Å². The first-order valence-corrected chi connectivity index (χ1v) is 8.80. The first-order valence-electron chi connectivity index (χ1n) is 8.01. The minimum absolute atomic E-state index is 0.115. The number of methoxy groups -OCH3 is 1. The van der Waals surface area contributed by atoms with Crippen molar-refractivity contribution in [2.45, 2.75) is 6.92 Å². The first kappa shape index (κ1) is 17.6. The molecule has 0 atom stereocenters. The van der Waals surface area contributed by atoms with Crippen molar-refractivity contribution in [1.82, 2.24) is 9.80 Å². The third kappa shape index (κ3) is 3.58. The summed E-state index contributed by atoms with van der Waals surface area (Å²) >= 11 is 3.29. The van der Waals surface area contributed by atoms with Gasteiger partial charge in [-0.2, -0.15) is 0 Å². The molecule has 2 aromatic rings. The van der Waals surface area contributed by atoms with Gasteiger partial charge in [-0.25, -0.2) is 4.79 Å². The van der Waals surface area contributed by atoms with Crippen LogP contribution in [0.5, 0.6) is 5.75 Å². The number of carbonyl (C=O) groups is 2. The molecule has 0 saturated carbocycles. The van der Waals surface area contributed by atoms with Crippen LogP contribution in [0.3, 0.4) is 0 Å². The number of hydrogen-bond acceptors (Lipinski definition) is 5. The average Bonchev–Trinajstić information content (AvgIpc) is 3.00. The Labute approximate surface area is 153 Å². The molecule has 0 N–H and O–H groups in total. The Morgan fingerprint density at radius 3 is 2.48 bits per heavy atom. The highest BCUT2D eigenvalue weighted by molar-refractivity contribution is 9.10. The average molecular weight is 411 g/mol. The number of fused-ring (bicyclic) bond motifs is 1.